The molecule has 0 bridgehead atoms. The number of nitrogens with zero attached hydrogens (tertiary/aromatic N) is 2. The van der Waals surface area contributed by atoms with Crippen LogP contribution in [0.3, 0.4) is 0 Å². The van der Waals surface area contributed by atoms with E-state index >= 15 is 0 Å². The Morgan fingerprint density at radius 2 is 2.00 bits per heavy atom. The summed E-state index contributed by atoms with van der Waals surface area (Å²) in [4.78, 5) is 18.2. The van der Waals surface area contributed by atoms with Gasteiger partial charge in [-0.1, -0.05) is 18.2 Å². The van der Waals surface area contributed by atoms with E-state index in [0.29, 0.717) is 6.61 Å². The summed E-state index contributed by atoms with van der Waals surface area (Å²) in [5.74, 6) is -0.0694. The molecule has 1 aromatic heterocycles. The third-order valence-corrected chi connectivity index (χ3v) is 6.58. The van der Waals surface area contributed by atoms with Crippen molar-refractivity contribution in [1.29, 1.82) is 0 Å². The van der Waals surface area contributed by atoms with E-state index in [1.54, 1.807) is 11.3 Å². The molecule has 0 radical (unpaired) electrons. The average Bonchev–Trinajstić information content (AvgIpc) is 3.46. The fourth-order valence-corrected chi connectivity index (χ4v) is 4.66. The van der Waals surface area contributed by atoms with Crippen LogP contribution in [0.4, 0.5) is 4.39 Å². The molecule has 3 heterocycles. The molecule has 5 nitrogen and oxygen atoms in total. The molecule has 156 valence electrons. The quantitative estimate of drug-likeness (QED) is 0.752. The number of halogens is 1. The van der Waals surface area contributed by atoms with Crippen LogP contribution >= 0.6 is 11.3 Å². The first kappa shape index (κ1) is 20.5. The Morgan fingerprint density at radius 3 is 2.66 bits per heavy atom. The minimum Gasteiger partial charge on any atom is -0.368 e. The van der Waals surface area contributed by atoms with Gasteiger partial charge in [0.15, 0.2) is 0 Å². The van der Waals surface area contributed by atoms with Gasteiger partial charge in [-0.15, -0.1) is 11.3 Å². The summed E-state index contributed by atoms with van der Waals surface area (Å²) in [5.41, 5.74) is 1.08. The van der Waals surface area contributed by atoms with E-state index in [4.69, 9.17) is 4.74 Å². The molecule has 2 aliphatic heterocycles. The molecule has 2 unspecified atom stereocenters. The first-order chi connectivity index (χ1) is 14.2. The molecule has 7 heteroatoms. The summed E-state index contributed by atoms with van der Waals surface area (Å²) in [6.07, 6.45) is 1.59. The van der Waals surface area contributed by atoms with Crippen molar-refractivity contribution in [1.82, 2.24) is 15.1 Å². The highest BCUT2D eigenvalue weighted by molar-refractivity contribution is 7.09. The molecule has 2 saturated heterocycles. The fraction of sp³-hybridized carbons (Fsp3) is 0.500. The minimum atomic E-state index is -0.235. The topological polar surface area (TPSA) is 44.8 Å². The molecule has 0 spiro atoms. The lowest BCUT2D eigenvalue weighted by molar-refractivity contribution is -0.142. The predicted molar refractivity (Wildman–Crippen MR) is 112 cm³/mol. The van der Waals surface area contributed by atoms with Crippen LogP contribution in [-0.2, 0) is 16.1 Å². The molecule has 1 aromatic carbocycles. The minimum absolute atomic E-state index is 0.109. The van der Waals surface area contributed by atoms with E-state index in [2.05, 4.69) is 27.7 Å². The number of piperazine rings is 1. The van der Waals surface area contributed by atoms with Crippen LogP contribution in [0.25, 0.3) is 0 Å². The van der Waals surface area contributed by atoms with Crippen molar-refractivity contribution in [3.05, 3.63) is 58.0 Å². The zero-order valence-corrected chi connectivity index (χ0v) is 17.4. The molecule has 4 rings (SSSR count). The van der Waals surface area contributed by atoms with E-state index in [0.717, 1.165) is 57.7 Å². The zero-order valence-electron chi connectivity index (χ0n) is 16.6. The number of ether oxygens (including phenoxy) is 1. The van der Waals surface area contributed by atoms with Gasteiger partial charge in [0.2, 0.25) is 0 Å². The second-order valence-electron chi connectivity index (χ2n) is 7.69. The smallest absolute Gasteiger partial charge is 0.251 e. The van der Waals surface area contributed by atoms with Gasteiger partial charge in [-0.2, -0.15) is 0 Å². The molecular formula is C22H28FN3O2S. The summed E-state index contributed by atoms with van der Waals surface area (Å²) in [5, 5.41) is 5.71. The average molecular weight is 418 g/mol. The number of hydrogen-bond acceptors (Lipinski definition) is 5. The normalized spacial score (nSPS) is 21.4. The standard InChI is InChI=1S/C22H28FN3O2S/c23-18-7-5-17(6-8-18)20(24-15-19-3-2-14-29-19)16-25-9-11-26(12-10-25)22(27)21-4-1-13-28-21/h2-3,5-8,14,20-21,24H,1,4,9-13,15-16H2. The van der Waals surface area contributed by atoms with E-state index < -0.39 is 0 Å². The number of nitrogens with one attached hydrogen (secondary N) is 1. The maximum Gasteiger partial charge on any atom is 0.251 e. The van der Waals surface area contributed by atoms with Crippen LogP contribution in [-0.4, -0.2) is 61.1 Å². The first-order valence-electron chi connectivity index (χ1n) is 10.3. The number of thiophene rings is 1. The number of carbonyl (C=O) groups is 1. The highest BCUT2D eigenvalue weighted by atomic mass is 32.1. The van der Waals surface area contributed by atoms with E-state index in [-0.39, 0.29) is 23.9 Å². The van der Waals surface area contributed by atoms with E-state index in [1.807, 2.05) is 17.0 Å². The fourth-order valence-electron chi connectivity index (χ4n) is 4.00. The molecule has 2 atom stereocenters. The van der Waals surface area contributed by atoms with Crippen molar-refractivity contribution in [3.63, 3.8) is 0 Å². The molecule has 0 aliphatic carbocycles. The van der Waals surface area contributed by atoms with Gasteiger partial charge in [0.25, 0.3) is 5.91 Å². The Labute approximate surface area is 175 Å². The molecule has 29 heavy (non-hydrogen) atoms. The Kier molecular flexibility index (Phi) is 6.92. The number of rotatable bonds is 7. The van der Waals surface area contributed by atoms with E-state index in [9.17, 15) is 9.18 Å². The van der Waals surface area contributed by atoms with Crippen LogP contribution in [0, 0.1) is 5.82 Å². The van der Waals surface area contributed by atoms with Gasteiger partial charge in [0.1, 0.15) is 11.9 Å². The number of carbonyl (C=O) groups excluding carboxylic acids is 1. The van der Waals surface area contributed by atoms with Crippen molar-refractivity contribution in [3.8, 4) is 0 Å². The molecule has 2 fully saturated rings. The lowest BCUT2D eigenvalue weighted by Gasteiger charge is -2.37. The number of benzene rings is 1. The molecule has 2 aromatic rings. The number of amides is 1. The summed E-state index contributed by atoms with van der Waals surface area (Å²) < 4.78 is 18.9. The predicted octanol–water partition coefficient (Wildman–Crippen LogP) is 3.04. The third kappa shape index (κ3) is 5.42. The van der Waals surface area contributed by atoms with Gasteiger partial charge in [-0.05, 0) is 42.0 Å². The second-order valence-corrected chi connectivity index (χ2v) is 8.72. The molecule has 1 amide bonds. The van der Waals surface area contributed by atoms with Gasteiger partial charge in [0.05, 0.1) is 0 Å². The van der Waals surface area contributed by atoms with Crippen molar-refractivity contribution in [2.75, 3.05) is 39.3 Å². The molecular weight excluding hydrogens is 389 g/mol. The highest BCUT2D eigenvalue weighted by Gasteiger charge is 2.30. The largest absolute Gasteiger partial charge is 0.368 e. The Hall–Kier alpha value is -1.80. The van der Waals surface area contributed by atoms with Crippen LogP contribution in [0.5, 0.6) is 0 Å². The Morgan fingerprint density at radius 1 is 1.21 bits per heavy atom. The highest BCUT2D eigenvalue weighted by Crippen LogP contribution is 2.20. The SMILES string of the molecule is O=C(C1CCCO1)N1CCN(CC(NCc2cccs2)c2ccc(F)cc2)CC1. The first-order valence-corrected chi connectivity index (χ1v) is 11.2. The van der Waals surface area contributed by atoms with Crippen LogP contribution in [0.1, 0.15) is 29.3 Å². The van der Waals surface area contributed by atoms with Gasteiger partial charge in [0, 0.05) is 56.8 Å². The molecule has 2 aliphatic rings. The maximum atomic E-state index is 13.4. The van der Waals surface area contributed by atoms with Crippen molar-refractivity contribution in [2.45, 2.75) is 31.5 Å². The summed E-state index contributed by atoms with van der Waals surface area (Å²) in [7, 11) is 0. The Balaban J connectivity index is 1.34. The Bertz CT molecular complexity index is 770. The van der Waals surface area contributed by atoms with Gasteiger partial charge in [-0.3, -0.25) is 9.69 Å². The van der Waals surface area contributed by atoms with Crippen LogP contribution in [0.15, 0.2) is 41.8 Å². The lowest BCUT2D eigenvalue weighted by atomic mass is 10.1. The van der Waals surface area contributed by atoms with Crippen molar-refractivity contribution in [2.24, 2.45) is 0 Å². The maximum absolute atomic E-state index is 13.4. The second kappa shape index (κ2) is 9.80. The van der Waals surface area contributed by atoms with Gasteiger partial charge >= 0.3 is 0 Å². The molecule has 0 saturated carbocycles. The summed E-state index contributed by atoms with van der Waals surface area (Å²) in [6.45, 7) is 5.48. The van der Waals surface area contributed by atoms with Crippen molar-refractivity contribution >= 4 is 17.2 Å². The van der Waals surface area contributed by atoms with E-state index in [1.165, 1.54) is 17.0 Å². The lowest BCUT2D eigenvalue weighted by Crippen LogP contribution is -2.52. The van der Waals surface area contributed by atoms with Crippen LogP contribution < -0.4 is 5.32 Å². The number of hydrogen-bond donors (Lipinski definition) is 1. The van der Waals surface area contributed by atoms with Crippen molar-refractivity contribution < 1.29 is 13.9 Å². The summed E-state index contributed by atoms with van der Waals surface area (Å²) >= 11 is 1.73. The molecule has 1 N–H and O–H groups in total. The zero-order chi connectivity index (χ0) is 20.1. The van der Waals surface area contributed by atoms with Crippen LogP contribution in [0.2, 0.25) is 0 Å². The summed E-state index contributed by atoms with van der Waals surface area (Å²) in [6, 6.07) is 11.0. The monoisotopic (exact) mass is 417 g/mol. The third-order valence-electron chi connectivity index (χ3n) is 5.71. The van der Waals surface area contributed by atoms with Gasteiger partial charge in [-0.25, -0.2) is 4.39 Å². The van der Waals surface area contributed by atoms with Gasteiger partial charge < -0.3 is 15.0 Å².